The van der Waals surface area contributed by atoms with Gasteiger partial charge in [0.1, 0.15) is 11.0 Å². The fourth-order valence-corrected chi connectivity index (χ4v) is 2.66. The van der Waals surface area contributed by atoms with E-state index in [4.69, 9.17) is 11.6 Å². The zero-order valence-corrected chi connectivity index (χ0v) is 14.3. The third kappa shape index (κ3) is 4.03. The van der Waals surface area contributed by atoms with Crippen LogP contribution in [0.4, 0.5) is 0 Å². The summed E-state index contributed by atoms with van der Waals surface area (Å²) in [4.78, 5) is 9.03. The van der Waals surface area contributed by atoms with Crippen molar-refractivity contribution < 1.29 is 0 Å². The molecule has 0 atom stereocenters. The van der Waals surface area contributed by atoms with Gasteiger partial charge in [0.05, 0.1) is 10.2 Å². The van der Waals surface area contributed by atoms with E-state index < -0.39 is 0 Å². The molecule has 0 aliphatic heterocycles. The van der Waals surface area contributed by atoms with Gasteiger partial charge in [0.2, 0.25) is 0 Å². The first-order chi connectivity index (χ1) is 9.45. The van der Waals surface area contributed by atoms with Gasteiger partial charge >= 0.3 is 0 Å². The molecule has 106 valence electrons. The van der Waals surface area contributed by atoms with Crippen LogP contribution >= 0.6 is 27.5 Å². The molecule has 0 spiro atoms. The minimum atomic E-state index is 0.498. The molecular formula is C16H18BrClN2. The highest BCUT2D eigenvalue weighted by Crippen LogP contribution is 2.26. The van der Waals surface area contributed by atoms with Crippen molar-refractivity contribution in [3.8, 4) is 0 Å². The number of hydrogen-bond acceptors (Lipinski definition) is 2. The summed E-state index contributed by atoms with van der Waals surface area (Å²) >= 11 is 9.68. The van der Waals surface area contributed by atoms with Crippen molar-refractivity contribution in [3.63, 3.8) is 0 Å². The molecule has 0 saturated carbocycles. The predicted molar refractivity (Wildman–Crippen MR) is 87.3 cm³/mol. The van der Waals surface area contributed by atoms with Crippen LogP contribution in [0.25, 0.3) is 0 Å². The normalized spacial score (nSPS) is 11.1. The van der Waals surface area contributed by atoms with Gasteiger partial charge in [-0.15, -0.1) is 0 Å². The zero-order valence-electron chi connectivity index (χ0n) is 12.0. The van der Waals surface area contributed by atoms with E-state index in [1.165, 1.54) is 11.1 Å². The SMILES string of the molecule is Cc1cccc(Cc2nc(Cl)c(Br)c(CC(C)C)n2)c1. The van der Waals surface area contributed by atoms with E-state index in [0.29, 0.717) is 17.5 Å². The maximum Gasteiger partial charge on any atom is 0.147 e. The first kappa shape index (κ1) is 15.5. The predicted octanol–water partition coefficient (Wildman–Crippen LogP) is 4.99. The van der Waals surface area contributed by atoms with Gasteiger partial charge < -0.3 is 0 Å². The number of aryl methyl sites for hydroxylation is 1. The Bertz CT molecular complexity index is 611. The van der Waals surface area contributed by atoms with Crippen LogP contribution in [-0.4, -0.2) is 9.97 Å². The van der Waals surface area contributed by atoms with Gasteiger partial charge in [0, 0.05) is 6.42 Å². The minimum absolute atomic E-state index is 0.498. The molecule has 0 fully saturated rings. The second kappa shape index (κ2) is 6.68. The standard InChI is InChI=1S/C16H18BrClN2/c1-10(2)7-13-15(17)16(18)20-14(19-13)9-12-6-4-5-11(3)8-12/h4-6,8,10H,7,9H2,1-3H3. The Morgan fingerprint density at radius 3 is 2.65 bits per heavy atom. The average molecular weight is 354 g/mol. The maximum atomic E-state index is 6.20. The van der Waals surface area contributed by atoms with Crippen LogP contribution in [0, 0.1) is 12.8 Å². The highest BCUT2D eigenvalue weighted by atomic mass is 79.9. The second-order valence-electron chi connectivity index (χ2n) is 5.46. The van der Waals surface area contributed by atoms with Crippen molar-refractivity contribution in [2.45, 2.75) is 33.6 Å². The van der Waals surface area contributed by atoms with Gasteiger partial charge in [-0.1, -0.05) is 55.3 Å². The summed E-state index contributed by atoms with van der Waals surface area (Å²) in [5.74, 6) is 1.31. The molecule has 0 radical (unpaired) electrons. The van der Waals surface area contributed by atoms with E-state index in [2.05, 4.69) is 70.9 Å². The van der Waals surface area contributed by atoms with E-state index in [0.717, 1.165) is 22.4 Å². The fourth-order valence-electron chi connectivity index (χ4n) is 2.12. The summed E-state index contributed by atoms with van der Waals surface area (Å²) in [6, 6.07) is 8.39. The monoisotopic (exact) mass is 352 g/mol. The first-order valence-corrected chi connectivity index (χ1v) is 7.89. The zero-order chi connectivity index (χ0) is 14.7. The highest BCUT2D eigenvalue weighted by molar-refractivity contribution is 9.10. The lowest BCUT2D eigenvalue weighted by atomic mass is 10.1. The molecular weight excluding hydrogens is 336 g/mol. The molecule has 2 aromatic rings. The van der Waals surface area contributed by atoms with Crippen LogP contribution < -0.4 is 0 Å². The van der Waals surface area contributed by atoms with Crippen LogP contribution in [0.1, 0.15) is 36.5 Å². The summed E-state index contributed by atoms with van der Waals surface area (Å²) < 4.78 is 0.820. The van der Waals surface area contributed by atoms with Crippen LogP contribution in [0.2, 0.25) is 5.15 Å². The highest BCUT2D eigenvalue weighted by Gasteiger charge is 2.12. The molecule has 4 heteroatoms. The summed E-state index contributed by atoms with van der Waals surface area (Å²) in [5, 5.41) is 0.498. The quantitative estimate of drug-likeness (QED) is 0.724. The van der Waals surface area contributed by atoms with E-state index in [1.54, 1.807) is 0 Å². The molecule has 0 unspecified atom stereocenters. The molecule has 0 N–H and O–H groups in total. The maximum absolute atomic E-state index is 6.20. The molecule has 1 aromatic heterocycles. The average Bonchev–Trinajstić information content (AvgIpc) is 2.35. The Balaban J connectivity index is 2.30. The first-order valence-electron chi connectivity index (χ1n) is 6.72. The van der Waals surface area contributed by atoms with Crippen molar-refractivity contribution in [1.82, 2.24) is 9.97 Å². The van der Waals surface area contributed by atoms with E-state index in [9.17, 15) is 0 Å². The van der Waals surface area contributed by atoms with Crippen molar-refractivity contribution >= 4 is 27.5 Å². The molecule has 0 bridgehead atoms. The summed E-state index contributed by atoms with van der Waals surface area (Å²) in [6.07, 6.45) is 1.60. The summed E-state index contributed by atoms with van der Waals surface area (Å²) in [7, 11) is 0. The number of nitrogens with zero attached hydrogens (tertiary/aromatic N) is 2. The lowest BCUT2D eigenvalue weighted by molar-refractivity contribution is 0.628. The summed E-state index contributed by atoms with van der Waals surface area (Å²) in [5.41, 5.74) is 3.44. The van der Waals surface area contributed by atoms with Crippen molar-refractivity contribution in [3.05, 3.63) is 56.5 Å². The Labute approximate surface area is 133 Å². The lowest BCUT2D eigenvalue weighted by Crippen LogP contribution is -2.05. The number of hydrogen-bond donors (Lipinski definition) is 0. The summed E-state index contributed by atoms with van der Waals surface area (Å²) in [6.45, 7) is 6.43. The molecule has 1 heterocycles. The van der Waals surface area contributed by atoms with Gasteiger partial charge in [-0.25, -0.2) is 9.97 Å². The van der Waals surface area contributed by atoms with Gasteiger partial charge in [0.25, 0.3) is 0 Å². The third-order valence-electron chi connectivity index (χ3n) is 2.97. The van der Waals surface area contributed by atoms with Crippen LogP contribution in [0.3, 0.4) is 0 Å². The number of aromatic nitrogens is 2. The van der Waals surface area contributed by atoms with Crippen molar-refractivity contribution in [1.29, 1.82) is 0 Å². The number of benzene rings is 1. The molecule has 0 aliphatic rings. The second-order valence-corrected chi connectivity index (χ2v) is 6.61. The van der Waals surface area contributed by atoms with Gasteiger partial charge in [-0.05, 0) is 40.8 Å². The smallest absolute Gasteiger partial charge is 0.147 e. The Morgan fingerprint density at radius 1 is 1.25 bits per heavy atom. The molecule has 0 amide bonds. The topological polar surface area (TPSA) is 25.8 Å². The van der Waals surface area contributed by atoms with E-state index >= 15 is 0 Å². The largest absolute Gasteiger partial charge is 0.236 e. The molecule has 2 rings (SSSR count). The Hall–Kier alpha value is -0.930. The Morgan fingerprint density at radius 2 is 2.00 bits per heavy atom. The van der Waals surface area contributed by atoms with Crippen LogP contribution in [-0.2, 0) is 12.8 Å². The molecule has 1 aromatic carbocycles. The van der Waals surface area contributed by atoms with Gasteiger partial charge in [-0.3, -0.25) is 0 Å². The fraction of sp³-hybridized carbons (Fsp3) is 0.375. The van der Waals surface area contributed by atoms with E-state index in [1.807, 2.05) is 0 Å². The van der Waals surface area contributed by atoms with E-state index in [-0.39, 0.29) is 0 Å². The molecule has 20 heavy (non-hydrogen) atoms. The van der Waals surface area contributed by atoms with Crippen molar-refractivity contribution in [2.24, 2.45) is 5.92 Å². The third-order valence-corrected chi connectivity index (χ3v) is 4.31. The number of rotatable bonds is 4. The molecule has 2 nitrogen and oxygen atoms in total. The minimum Gasteiger partial charge on any atom is -0.236 e. The van der Waals surface area contributed by atoms with Gasteiger partial charge in [0.15, 0.2) is 0 Å². The molecule has 0 aliphatic carbocycles. The van der Waals surface area contributed by atoms with Gasteiger partial charge in [-0.2, -0.15) is 0 Å². The lowest BCUT2D eigenvalue weighted by Gasteiger charge is -2.10. The molecule has 0 saturated heterocycles. The van der Waals surface area contributed by atoms with Crippen molar-refractivity contribution in [2.75, 3.05) is 0 Å². The van der Waals surface area contributed by atoms with Crippen LogP contribution in [0.5, 0.6) is 0 Å². The Kier molecular flexibility index (Phi) is 5.17. The number of halogens is 2. The van der Waals surface area contributed by atoms with Crippen LogP contribution in [0.15, 0.2) is 28.7 Å².